The van der Waals surface area contributed by atoms with Crippen LogP contribution < -0.4 is 37.7 Å². The second-order valence-corrected chi connectivity index (χ2v) is 11.3. The molecule has 4 nitrogen and oxygen atoms in total. The summed E-state index contributed by atoms with van der Waals surface area (Å²) in [5.74, 6) is 2.36. The Balaban J connectivity index is 0.00000150. The molecule has 29 heavy (non-hydrogen) atoms. The van der Waals surface area contributed by atoms with Gasteiger partial charge in [0.1, 0.15) is 0 Å². The largest absolute Gasteiger partial charge is 1.00 e. The number of hydrogen-bond donors (Lipinski definition) is 0. The molecule has 0 aromatic heterocycles. The van der Waals surface area contributed by atoms with Crippen LogP contribution in [0.4, 0.5) is 0 Å². The van der Waals surface area contributed by atoms with Crippen molar-refractivity contribution in [3.63, 3.8) is 0 Å². The molecule has 0 bridgehead atoms. The van der Waals surface area contributed by atoms with E-state index in [0.717, 1.165) is 25.7 Å². The van der Waals surface area contributed by atoms with Crippen LogP contribution in [0.5, 0.6) is 0 Å². The summed E-state index contributed by atoms with van der Waals surface area (Å²) in [5.41, 5.74) is 0.0122. The fourth-order valence-corrected chi connectivity index (χ4v) is 7.43. The SMILES string of the molecule is CC(C)(C)[N-]C(=O)[C@H]1CCC2C3CC[C@@H]4[N-]C(=O)CCC4(C)C3CCC21C.[Li+].[Li+]. The Morgan fingerprint density at radius 3 is 2.28 bits per heavy atom. The summed E-state index contributed by atoms with van der Waals surface area (Å²) in [6.07, 6.45) is 8.37. The Hall–Kier alpha value is 0.135. The van der Waals surface area contributed by atoms with E-state index < -0.39 is 0 Å². The number of nitrogens with zero attached hydrogens (tertiary/aromatic N) is 2. The molecule has 0 aromatic rings. The van der Waals surface area contributed by atoms with Gasteiger partial charge in [-0.15, -0.1) is 11.6 Å². The van der Waals surface area contributed by atoms with E-state index in [1.807, 2.05) is 20.8 Å². The number of hydrogen-bond acceptors (Lipinski definition) is 2. The van der Waals surface area contributed by atoms with Gasteiger partial charge in [0.25, 0.3) is 0 Å². The number of carbonyl (C=O) groups is 2. The summed E-state index contributed by atoms with van der Waals surface area (Å²) >= 11 is 0. The van der Waals surface area contributed by atoms with E-state index in [1.165, 1.54) is 19.3 Å². The van der Waals surface area contributed by atoms with E-state index in [9.17, 15) is 9.59 Å². The maximum Gasteiger partial charge on any atom is 1.00 e. The zero-order valence-corrected chi connectivity index (χ0v) is 19.8. The van der Waals surface area contributed by atoms with E-state index in [2.05, 4.69) is 24.5 Å². The van der Waals surface area contributed by atoms with Crippen molar-refractivity contribution in [2.75, 3.05) is 0 Å². The van der Waals surface area contributed by atoms with Crippen molar-refractivity contribution < 1.29 is 47.3 Å². The van der Waals surface area contributed by atoms with Crippen LogP contribution in [0.2, 0.25) is 0 Å². The number of fused-ring (bicyclic) bond motifs is 5. The molecule has 1 heterocycles. The Bertz CT molecular complexity index is 649. The molecule has 3 aliphatic carbocycles. The van der Waals surface area contributed by atoms with E-state index in [0.29, 0.717) is 24.2 Å². The monoisotopic (exact) mass is 386 g/mol. The molecule has 1 saturated heterocycles. The number of carbonyl (C=O) groups excluding carboxylic acids is 2. The van der Waals surface area contributed by atoms with E-state index >= 15 is 0 Å². The average molecular weight is 386 g/mol. The molecule has 0 aromatic carbocycles. The summed E-state index contributed by atoms with van der Waals surface area (Å²) in [6.45, 7) is 10.8. The molecule has 3 saturated carbocycles. The maximum atomic E-state index is 13.0. The predicted molar refractivity (Wildman–Crippen MR) is 107 cm³/mol. The van der Waals surface area contributed by atoms with Gasteiger partial charge in [0.2, 0.25) is 0 Å². The van der Waals surface area contributed by atoms with Crippen LogP contribution in [0.1, 0.15) is 86.0 Å². The maximum absolute atomic E-state index is 13.0. The summed E-state index contributed by atoms with van der Waals surface area (Å²) in [6, 6.07) is 0.235. The third kappa shape index (κ3) is 4.26. The van der Waals surface area contributed by atoms with Crippen LogP contribution in [0.25, 0.3) is 10.6 Å². The first-order valence-corrected chi connectivity index (χ1v) is 11.0. The van der Waals surface area contributed by atoms with Crippen LogP contribution >= 0.6 is 0 Å². The molecular formula is C23H36Li2N2O2. The van der Waals surface area contributed by atoms with Crippen LogP contribution in [0, 0.1) is 34.5 Å². The van der Waals surface area contributed by atoms with Gasteiger partial charge in [-0.05, 0) is 67.1 Å². The first-order valence-electron chi connectivity index (χ1n) is 11.0. The Morgan fingerprint density at radius 1 is 0.966 bits per heavy atom. The van der Waals surface area contributed by atoms with Gasteiger partial charge < -0.3 is 20.2 Å². The second-order valence-electron chi connectivity index (χ2n) is 11.3. The van der Waals surface area contributed by atoms with Gasteiger partial charge in [-0.3, -0.25) is 0 Å². The van der Waals surface area contributed by atoms with Gasteiger partial charge in [-0.1, -0.05) is 47.5 Å². The van der Waals surface area contributed by atoms with Gasteiger partial charge in [0, 0.05) is 5.92 Å². The van der Waals surface area contributed by atoms with Crippen molar-refractivity contribution in [1.29, 1.82) is 0 Å². The molecule has 152 valence electrons. The van der Waals surface area contributed by atoms with Gasteiger partial charge in [0.15, 0.2) is 0 Å². The van der Waals surface area contributed by atoms with Crippen molar-refractivity contribution in [1.82, 2.24) is 0 Å². The normalized spacial score (nSPS) is 43.5. The Kier molecular flexibility index (Phi) is 7.51. The van der Waals surface area contributed by atoms with E-state index in [4.69, 9.17) is 0 Å². The van der Waals surface area contributed by atoms with Gasteiger partial charge in [-0.25, -0.2) is 0 Å². The summed E-state index contributed by atoms with van der Waals surface area (Å²) in [5, 5.41) is 9.07. The average Bonchev–Trinajstić information content (AvgIpc) is 2.91. The first-order chi connectivity index (χ1) is 12.5. The number of piperidine rings is 1. The fourth-order valence-electron chi connectivity index (χ4n) is 7.43. The first kappa shape index (κ1) is 25.4. The zero-order valence-electron chi connectivity index (χ0n) is 19.8. The molecule has 4 fully saturated rings. The minimum absolute atomic E-state index is 0. The van der Waals surface area contributed by atoms with Crippen LogP contribution in [-0.2, 0) is 9.59 Å². The molecule has 6 heteroatoms. The number of rotatable bonds is 1. The molecule has 2 amide bonds. The molecule has 0 spiro atoms. The van der Waals surface area contributed by atoms with Crippen LogP contribution in [-0.4, -0.2) is 23.4 Å². The third-order valence-electron chi connectivity index (χ3n) is 8.74. The summed E-state index contributed by atoms with van der Waals surface area (Å²) < 4.78 is 0. The Labute approximate surface area is 201 Å². The van der Waals surface area contributed by atoms with Crippen LogP contribution in [0.15, 0.2) is 0 Å². The van der Waals surface area contributed by atoms with Crippen molar-refractivity contribution >= 4 is 11.8 Å². The second kappa shape index (κ2) is 8.58. The van der Waals surface area contributed by atoms with Crippen molar-refractivity contribution in [2.45, 2.75) is 97.6 Å². The van der Waals surface area contributed by atoms with Crippen LogP contribution in [0.3, 0.4) is 0 Å². The third-order valence-corrected chi connectivity index (χ3v) is 8.74. The molecule has 4 rings (SSSR count). The summed E-state index contributed by atoms with van der Waals surface area (Å²) in [7, 11) is 0. The molecule has 1 aliphatic heterocycles. The van der Waals surface area contributed by atoms with Gasteiger partial charge in [0.05, 0.1) is 11.8 Å². The Morgan fingerprint density at radius 2 is 1.62 bits per heavy atom. The van der Waals surface area contributed by atoms with Crippen molar-refractivity contribution in [2.24, 2.45) is 34.5 Å². The smallest absolute Gasteiger partial charge is 0.650 e. The minimum atomic E-state index is -0.287. The quantitative estimate of drug-likeness (QED) is 0.577. The fraction of sp³-hybridized carbons (Fsp3) is 0.913. The van der Waals surface area contributed by atoms with Gasteiger partial charge >= 0.3 is 37.7 Å². The van der Waals surface area contributed by atoms with Crippen molar-refractivity contribution in [3.05, 3.63) is 10.6 Å². The van der Waals surface area contributed by atoms with E-state index in [1.54, 1.807) is 0 Å². The molecule has 0 radical (unpaired) electrons. The standard InChI is InChI=1S/C23H38N2O2.2Li/c1-21(2,3)25-20(27)17-8-7-15-14-6-9-18-23(5,13-11-19(26)24-18)16(14)10-12-22(15,17)4;;/h14-18H,6-13H2,1-5H3,(H2,24,25,26,27);;/q;2*+1/p-2/t14?,15?,16?,17-,18+,22?,23?;;/m1../s1. The number of amides is 2. The summed E-state index contributed by atoms with van der Waals surface area (Å²) in [4.78, 5) is 24.9. The molecule has 4 aliphatic rings. The minimum Gasteiger partial charge on any atom is -0.650 e. The topological polar surface area (TPSA) is 62.3 Å². The molecule has 0 N–H and O–H groups in total. The molecular weight excluding hydrogens is 350 g/mol. The molecule has 5 unspecified atom stereocenters. The molecule has 7 atom stereocenters. The van der Waals surface area contributed by atoms with E-state index in [-0.39, 0.29) is 77.9 Å². The predicted octanol–water partition coefficient (Wildman–Crippen LogP) is -0.385. The zero-order chi connectivity index (χ0) is 19.6. The van der Waals surface area contributed by atoms with Crippen molar-refractivity contribution in [3.8, 4) is 0 Å². The van der Waals surface area contributed by atoms with Gasteiger partial charge in [-0.2, -0.15) is 0 Å².